The topological polar surface area (TPSA) is 50.3 Å². The lowest BCUT2D eigenvalue weighted by Gasteiger charge is -2.19. The van der Waals surface area contributed by atoms with Gasteiger partial charge < -0.3 is 15.0 Å². The van der Waals surface area contributed by atoms with E-state index in [-0.39, 0.29) is 0 Å². The highest BCUT2D eigenvalue weighted by atomic mass is 79.9. The molecule has 1 atom stereocenters. The van der Waals surface area contributed by atoms with E-state index in [2.05, 4.69) is 36.1 Å². The summed E-state index contributed by atoms with van der Waals surface area (Å²) in [5.41, 5.74) is 0. The van der Waals surface area contributed by atoms with Crippen LogP contribution in [-0.4, -0.2) is 43.8 Å². The second-order valence-electron chi connectivity index (χ2n) is 4.17. The first-order valence-electron chi connectivity index (χ1n) is 5.68. The van der Waals surface area contributed by atoms with Crippen molar-refractivity contribution in [2.24, 2.45) is 5.92 Å². The summed E-state index contributed by atoms with van der Waals surface area (Å²) in [4.78, 5) is 10.9. The fourth-order valence-electron chi connectivity index (χ4n) is 2.10. The fourth-order valence-corrected chi connectivity index (χ4v) is 2.54. The molecule has 1 aliphatic heterocycles. The van der Waals surface area contributed by atoms with Crippen molar-refractivity contribution in [2.75, 3.05) is 44.1 Å². The molecule has 1 aliphatic rings. The first-order chi connectivity index (χ1) is 8.24. The largest absolute Gasteiger partial charge is 0.384 e. The van der Waals surface area contributed by atoms with Crippen molar-refractivity contribution in [3.8, 4) is 0 Å². The van der Waals surface area contributed by atoms with Gasteiger partial charge >= 0.3 is 0 Å². The van der Waals surface area contributed by atoms with Gasteiger partial charge in [0.1, 0.15) is 5.82 Å². The number of anilines is 2. The van der Waals surface area contributed by atoms with Crippen molar-refractivity contribution in [1.82, 2.24) is 9.97 Å². The lowest BCUT2D eigenvalue weighted by Crippen LogP contribution is -2.23. The average molecular weight is 301 g/mol. The Morgan fingerprint density at radius 1 is 1.65 bits per heavy atom. The Morgan fingerprint density at radius 2 is 2.47 bits per heavy atom. The van der Waals surface area contributed by atoms with Crippen LogP contribution in [0.5, 0.6) is 0 Å². The molecule has 94 valence electrons. The first kappa shape index (κ1) is 12.6. The molecule has 1 aromatic rings. The van der Waals surface area contributed by atoms with Crippen molar-refractivity contribution in [3.63, 3.8) is 0 Å². The first-order valence-corrected chi connectivity index (χ1v) is 6.48. The molecule has 5 nitrogen and oxygen atoms in total. The second-order valence-corrected chi connectivity index (χ2v) is 5.03. The summed E-state index contributed by atoms with van der Waals surface area (Å²) in [7, 11) is 3.58. The van der Waals surface area contributed by atoms with Crippen molar-refractivity contribution in [2.45, 2.75) is 6.42 Å². The zero-order valence-corrected chi connectivity index (χ0v) is 11.7. The molecular weight excluding hydrogens is 284 g/mol. The van der Waals surface area contributed by atoms with Crippen LogP contribution in [0.15, 0.2) is 10.7 Å². The van der Waals surface area contributed by atoms with E-state index in [4.69, 9.17) is 4.74 Å². The van der Waals surface area contributed by atoms with Gasteiger partial charge in [-0.1, -0.05) is 0 Å². The molecule has 0 aliphatic carbocycles. The Labute approximate surface area is 110 Å². The molecule has 0 bridgehead atoms. The van der Waals surface area contributed by atoms with Gasteiger partial charge in [0.05, 0.1) is 11.1 Å². The van der Waals surface area contributed by atoms with Crippen molar-refractivity contribution in [1.29, 1.82) is 0 Å². The van der Waals surface area contributed by atoms with Gasteiger partial charge in [0.25, 0.3) is 0 Å². The summed E-state index contributed by atoms with van der Waals surface area (Å²) in [6, 6.07) is 0. The minimum absolute atomic E-state index is 0.597. The van der Waals surface area contributed by atoms with Gasteiger partial charge in [-0.2, -0.15) is 4.98 Å². The van der Waals surface area contributed by atoms with Gasteiger partial charge in [0.15, 0.2) is 0 Å². The highest BCUT2D eigenvalue weighted by Crippen LogP contribution is 2.29. The van der Waals surface area contributed by atoms with Gasteiger partial charge in [-0.25, -0.2) is 4.98 Å². The van der Waals surface area contributed by atoms with Crippen LogP contribution >= 0.6 is 15.9 Å². The minimum atomic E-state index is 0.597. The molecule has 1 unspecified atom stereocenters. The smallest absolute Gasteiger partial charge is 0.224 e. The quantitative estimate of drug-likeness (QED) is 0.918. The maximum atomic E-state index is 5.20. The number of rotatable bonds is 4. The number of aromatic nitrogens is 2. The van der Waals surface area contributed by atoms with Gasteiger partial charge in [-0.15, -0.1) is 0 Å². The zero-order chi connectivity index (χ0) is 12.3. The third-order valence-corrected chi connectivity index (χ3v) is 3.50. The van der Waals surface area contributed by atoms with Crippen LogP contribution in [0.2, 0.25) is 0 Å². The van der Waals surface area contributed by atoms with Crippen LogP contribution in [0.1, 0.15) is 6.42 Å². The number of hydrogen-bond acceptors (Lipinski definition) is 5. The zero-order valence-electron chi connectivity index (χ0n) is 10.1. The number of halogens is 1. The Bertz CT molecular complexity index is 388. The predicted octanol–water partition coefficient (Wildman–Crippen LogP) is 1.75. The molecular formula is C11H17BrN4O. The van der Waals surface area contributed by atoms with E-state index in [1.807, 2.05) is 7.05 Å². The third-order valence-electron chi connectivity index (χ3n) is 2.94. The van der Waals surface area contributed by atoms with Crippen molar-refractivity contribution < 1.29 is 4.74 Å². The highest BCUT2D eigenvalue weighted by Gasteiger charge is 2.25. The van der Waals surface area contributed by atoms with E-state index >= 15 is 0 Å². The maximum Gasteiger partial charge on any atom is 0.224 e. The molecule has 0 radical (unpaired) electrons. The standard InChI is InChI=1S/C11H17BrN4O/c1-13-11-14-5-9(12)10(15-11)16-4-3-8(6-16)7-17-2/h5,8H,3-4,6-7H2,1-2H3,(H,13,14,15). The monoisotopic (exact) mass is 300 g/mol. The van der Waals surface area contributed by atoms with E-state index in [0.29, 0.717) is 11.9 Å². The van der Waals surface area contributed by atoms with E-state index in [0.717, 1.165) is 36.4 Å². The van der Waals surface area contributed by atoms with Gasteiger partial charge in [0, 0.05) is 39.4 Å². The van der Waals surface area contributed by atoms with Crippen molar-refractivity contribution in [3.05, 3.63) is 10.7 Å². The number of ether oxygens (including phenoxy) is 1. The Kier molecular flexibility index (Phi) is 4.17. The molecule has 1 fully saturated rings. The molecule has 1 saturated heterocycles. The molecule has 0 saturated carbocycles. The van der Waals surface area contributed by atoms with Crippen LogP contribution in [0, 0.1) is 5.92 Å². The number of methoxy groups -OCH3 is 1. The highest BCUT2D eigenvalue weighted by molar-refractivity contribution is 9.10. The van der Waals surface area contributed by atoms with Gasteiger partial charge in [0.2, 0.25) is 5.95 Å². The van der Waals surface area contributed by atoms with Crippen LogP contribution in [0.25, 0.3) is 0 Å². The number of nitrogens with zero attached hydrogens (tertiary/aromatic N) is 3. The normalized spacial score (nSPS) is 19.7. The van der Waals surface area contributed by atoms with Crippen LogP contribution in [0.3, 0.4) is 0 Å². The molecule has 0 spiro atoms. The lowest BCUT2D eigenvalue weighted by atomic mass is 10.1. The van der Waals surface area contributed by atoms with Crippen LogP contribution in [-0.2, 0) is 4.74 Å². The van der Waals surface area contributed by atoms with Gasteiger partial charge in [-0.05, 0) is 22.4 Å². The average Bonchev–Trinajstić information content (AvgIpc) is 2.79. The molecule has 6 heteroatoms. The summed E-state index contributed by atoms with van der Waals surface area (Å²) < 4.78 is 6.14. The van der Waals surface area contributed by atoms with Gasteiger partial charge in [-0.3, -0.25) is 0 Å². The Morgan fingerprint density at radius 3 is 3.18 bits per heavy atom. The lowest BCUT2D eigenvalue weighted by molar-refractivity contribution is 0.161. The summed E-state index contributed by atoms with van der Waals surface area (Å²) in [5, 5.41) is 2.96. The Hall–Kier alpha value is -0.880. The summed E-state index contributed by atoms with van der Waals surface area (Å²) in [5.74, 6) is 2.21. The summed E-state index contributed by atoms with van der Waals surface area (Å²) in [6.07, 6.45) is 2.94. The molecule has 1 N–H and O–H groups in total. The minimum Gasteiger partial charge on any atom is -0.384 e. The number of hydrogen-bond donors (Lipinski definition) is 1. The SMILES string of the molecule is CNc1ncc(Br)c(N2CCC(COC)C2)n1. The Balaban J connectivity index is 2.12. The molecule has 1 aromatic heterocycles. The predicted molar refractivity (Wildman–Crippen MR) is 71.5 cm³/mol. The second kappa shape index (κ2) is 5.64. The fraction of sp³-hybridized carbons (Fsp3) is 0.636. The van der Waals surface area contributed by atoms with Crippen molar-refractivity contribution >= 4 is 27.7 Å². The van der Waals surface area contributed by atoms with E-state index in [9.17, 15) is 0 Å². The maximum absolute atomic E-state index is 5.20. The van der Waals surface area contributed by atoms with Crippen LogP contribution in [0.4, 0.5) is 11.8 Å². The molecule has 0 aromatic carbocycles. The molecule has 17 heavy (non-hydrogen) atoms. The van der Waals surface area contributed by atoms with E-state index in [1.165, 1.54) is 0 Å². The summed E-state index contributed by atoms with van der Waals surface area (Å²) in [6.45, 7) is 2.83. The third kappa shape index (κ3) is 2.87. The van der Waals surface area contributed by atoms with Crippen LogP contribution < -0.4 is 10.2 Å². The summed E-state index contributed by atoms with van der Waals surface area (Å²) >= 11 is 3.50. The molecule has 2 heterocycles. The van der Waals surface area contributed by atoms with E-state index < -0.39 is 0 Å². The number of nitrogens with one attached hydrogen (secondary N) is 1. The van der Waals surface area contributed by atoms with E-state index in [1.54, 1.807) is 13.3 Å². The molecule has 0 amide bonds. The molecule has 2 rings (SSSR count).